The molecule has 0 aromatic heterocycles. The molecule has 1 heterocycles. The van der Waals surface area contributed by atoms with Gasteiger partial charge in [0, 0.05) is 13.1 Å². The van der Waals surface area contributed by atoms with Crippen LogP contribution in [0, 0.1) is 0 Å². The Morgan fingerprint density at radius 2 is 1.67 bits per heavy atom. The van der Waals surface area contributed by atoms with Crippen molar-refractivity contribution < 1.29 is 17.9 Å². The van der Waals surface area contributed by atoms with Crippen molar-refractivity contribution >= 4 is 21.6 Å². The largest absolute Gasteiger partial charge is 0.468 e. The highest BCUT2D eigenvalue weighted by Crippen LogP contribution is 2.28. The highest BCUT2D eigenvalue weighted by molar-refractivity contribution is 7.90. The molecule has 6 heteroatoms. The maximum Gasteiger partial charge on any atom is 0.325 e. The molecule has 0 bridgehead atoms. The summed E-state index contributed by atoms with van der Waals surface area (Å²) < 4.78 is 32.1. The first-order valence-electron chi connectivity index (χ1n) is 9.89. The molecule has 0 saturated carbocycles. The van der Waals surface area contributed by atoms with Crippen LogP contribution in [0.2, 0.25) is 0 Å². The Labute approximate surface area is 178 Å². The van der Waals surface area contributed by atoms with E-state index in [4.69, 9.17) is 4.74 Å². The fourth-order valence-corrected chi connectivity index (χ4v) is 5.41. The van der Waals surface area contributed by atoms with E-state index < -0.39 is 21.2 Å². The minimum atomic E-state index is -3.83. The molecule has 5 nitrogen and oxygen atoms in total. The number of rotatable bonds is 7. The van der Waals surface area contributed by atoms with Gasteiger partial charge in [-0.1, -0.05) is 66.2 Å². The minimum Gasteiger partial charge on any atom is -0.468 e. The van der Waals surface area contributed by atoms with Gasteiger partial charge >= 0.3 is 5.97 Å². The van der Waals surface area contributed by atoms with E-state index in [1.54, 1.807) is 6.92 Å². The topological polar surface area (TPSA) is 63.7 Å². The average molecular weight is 426 g/mol. The second-order valence-corrected chi connectivity index (χ2v) is 9.61. The van der Waals surface area contributed by atoms with Crippen LogP contribution in [0.3, 0.4) is 0 Å². The van der Waals surface area contributed by atoms with E-state index in [-0.39, 0.29) is 13.0 Å². The van der Waals surface area contributed by atoms with Gasteiger partial charge in [0.1, 0.15) is 0 Å². The lowest BCUT2D eigenvalue weighted by molar-refractivity contribution is -0.140. The van der Waals surface area contributed by atoms with Gasteiger partial charge in [-0.05, 0) is 42.0 Å². The maximum atomic E-state index is 13.0. The zero-order chi connectivity index (χ0) is 21.7. The molecule has 0 fully saturated rings. The van der Waals surface area contributed by atoms with E-state index in [2.05, 4.69) is 43.0 Å². The SMILES string of the molecule is C=C(C)C[C@H](C(=O)OC)S(=O)(=O)N1CC=C(c2ccc(-c3ccccc3)cc2)CC1. The van der Waals surface area contributed by atoms with E-state index in [1.165, 1.54) is 11.4 Å². The zero-order valence-corrected chi connectivity index (χ0v) is 18.2. The summed E-state index contributed by atoms with van der Waals surface area (Å²) in [7, 11) is -2.62. The summed E-state index contributed by atoms with van der Waals surface area (Å²) >= 11 is 0. The molecule has 0 amide bonds. The molecule has 0 saturated heterocycles. The molecule has 0 spiro atoms. The normalized spacial score (nSPS) is 15.9. The Hall–Kier alpha value is -2.70. The van der Waals surface area contributed by atoms with E-state index >= 15 is 0 Å². The van der Waals surface area contributed by atoms with Crippen molar-refractivity contribution in [3.8, 4) is 11.1 Å². The van der Waals surface area contributed by atoms with Gasteiger partial charge in [0.25, 0.3) is 0 Å². The lowest BCUT2D eigenvalue weighted by Crippen LogP contribution is -2.45. The molecule has 1 aliphatic rings. The summed E-state index contributed by atoms with van der Waals surface area (Å²) in [5, 5.41) is -1.25. The fourth-order valence-electron chi connectivity index (χ4n) is 3.59. The minimum absolute atomic E-state index is 0.0586. The summed E-state index contributed by atoms with van der Waals surface area (Å²) in [5.41, 5.74) is 5.11. The van der Waals surface area contributed by atoms with Crippen LogP contribution in [-0.4, -0.2) is 44.1 Å². The van der Waals surface area contributed by atoms with Crippen molar-refractivity contribution in [2.75, 3.05) is 20.2 Å². The summed E-state index contributed by atoms with van der Waals surface area (Å²) in [6, 6.07) is 18.4. The predicted molar refractivity (Wildman–Crippen MR) is 120 cm³/mol. The molecule has 3 rings (SSSR count). The number of carbonyl (C=O) groups excluding carboxylic acids is 1. The fraction of sp³-hybridized carbons (Fsp3) is 0.292. The molecular weight excluding hydrogens is 398 g/mol. The number of nitrogens with zero attached hydrogens (tertiary/aromatic N) is 1. The second-order valence-electron chi connectivity index (χ2n) is 7.50. The van der Waals surface area contributed by atoms with Crippen LogP contribution >= 0.6 is 0 Å². The van der Waals surface area contributed by atoms with E-state index in [0.29, 0.717) is 18.5 Å². The van der Waals surface area contributed by atoms with Gasteiger partial charge < -0.3 is 4.74 Å². The zero-order valence-electron chi connectivity index (χ0n) is 17.4. The van der Waals surface area contributed by atoms with Crippen LogP contribution in [0.5, 0.6) is 0 Å². The number of esters is 1. The standard InChI is InChI=1S/C24H27NO4S/c1-18(2)17-23(24(26)29-3)30(27,28)25-15-13-22(14-16-25)21-11-9-20(10-12-21)19-7-5-4-6-8-19/h4-13,23H,1,14-17H2,2-3H3/t23-/m1/s1. The molecule has 2 aromatic carbocycles. The molecule has 158 valence electrons. The third kappa shape index (κ3) is 4.89. The Morgan fingerprint density at radius 1 is 1.07 bits per heavy atom. The lowest BCUT2D eigenvalue weighted by atomic mass is 9.97. The Bertz CT molecular complexity index is 1040. The van der Waals surface area contributed by atoms with Gasteiger partial charge in [-0.25, -0.2) is 8.42 Å². The lowest BCUT2D eigenvalue weighted by Gasteiger charge is -2.29. The molecule has 1 aliphatic heterocycles. The van der Waals surface area contributed by atoms with Crippen LogP contribution in [-0.2, 0) is 19.6 Å². The van der Waals surface area contributed by atoms with Crippen LogP contribution in [0.1, 0.15) is 25.3 Å². The molecule has 2 aromatic rings. The van der Waals surface area contributed by atoms with Crippen molar-refractivity contribution in [1.29, 1.82) is 0 Å². The molecule has 0 radical (unpaired) electrons. The summed E-state index contributed by atoms with van der Waals surface area (Å²) in [6.07, 6.45) is 2.57. The molecule has 30 heavy (non-hydrogen) atoms. The third-order valence-electron chi connectivity index (χ3n) is 5.25. The van der Waals surface area contributed by atoms with E-state index in [9.17, 15) is 13.2 Å². The number of sulfonamides is 1. The van der Waals surface area contributed by atoms with Gasteiger partial charge in [0.15, 0.2) is 5.25 Å². The quantitative estimate of drug-likeness (QED) is 0.491. The maximum absolute atomic E-state index is 13.0. The molecule has 0 aliphatic carbocycles. The number of ether oxygens (including phenoxy) is 1. The van der Waals surface area contributed by atoms with E-state index in [1.807, 2.05) is 24.3 Å². The predicted octanol–water partition coefficient (Wildman–Crippen LogP) is 4.28. The number of carbonyl (C=O) groups is 1. The smallest absolute Gasteiger partial charge is 0.325 e. The second kappa shape index (κ2) is 9.41. The number of allylic oxidation sites excluding steroid dienone is 1. The number of benzene rings is 2. The Morgan fingerprint density at radius 3 is 2.20 bits per heavy atom. The van der Waals surface area contributed by atoms with Gasteiger partial charge in [-0.3, -0.25) is 4.79 Å². The average Bonchev–Trinajstić information content (AvgIpc) is 2.77. The monoisotopic (exact) mass is 425 g/mol. The van der Waals surface area contributed by atoms with Crippen molar-refractivity contribution in [2.24, 2.45) is 0 Å². The highest BCUT2D eigenvalue weighted by Gasteiger charge is 2.38. The van der Waals surface area contributed by atoms with Gasteiger partial charge in [-0.15, -0.1) is 6.58 Å². The first-order chi connectivity index (χ1) is 14.3. The van der Waals surface area contributed by atoms with Crippen LogP contribution in [0.15, 0.2) is 72.8 Å². The summed E-state index contributed by atoms with van der Waals surface area (Å²) in [4.78, 5) is 12.1. The van der Waals surface area contributed by atoms with Crippen LogP contribution < -0.4 is 0 Å². The highest BCUT2D eigenvalue weighted by atomic mass is 32.2. The number of hydrogen-bond acceptors (Lipinski definition) is 4. The number of hydrogen-bond donors (Lipinski definition) is 0. The van der Waals surface area contributed by atoms with Crippen molar-refractivity contribution in [3.05, 3.63) is 78.4 Å². The molecule has 1 atom stereocenters. The summed E-state index contributed by atoms with van der Waals surface area (Å²) in [5.74, 6) is -0.746. The third-order valence-corrected chi connectivity index (χ3v) is 7.38. The Balaban J connectivity index is 1.75. The van der Waals surface area contributed by atoms with Gasteiger partial charge in [-0.2, -0.15) is 4.31 Å². The first kappa shape index (κ1) is 22.0. The van der Waals surface area contributed by atoms with Crippen molar-refractivity contribution in [3.63, 3.8) is 0 Å². The molecule has 0 N–H and O–H groups in total. The Kier molecular flexibility index (Phi) is 6.90. The number of methoxy groups -OCH3 is 1. The van der Waals surface area contributed by atoms with Gasteiger partial charge in [0.05, 0.1) is 7.11 Å². The van der Waals surface area contributed by atoms with Crippen molar-refractivity contribution in [2.45, 2.75) is 25.0 Å². The summed E-state index contributed by atoms with van der Waals surface area (Å²) in [6.45, 7) is 6.02. The first-order valence-corrected chi connectivity index (χ1v) is 11.4. The van der Waals surface area contributed by atoms with Crippen LogP contribution in [0.25, 0.3) is 16.7 Å². The van der Waals surface area contributed by atoms with E-state index in [0.717, 1.165) is 22.3 Å². The van der Waals surface area contributed by atoms with Crippen LogP contribution in [0.4, 0.5) is 0 Å². The molecular formula is C24H27NO4S. The molecule has 0 unspecified atom stereocenters. The van der Waals surface area contributed by atoms with Crippen molar-refractivity contribution in [1.82, 2.24) is 4.31 Å². The van der Waals surface area contributed by atoms with Gasteiger partial charge in [0.2, 0.25) is 10.0 Å².